The topological polar surface area (TPSA) is 45.6 Å². The molecule has 1 aliphatic carbocycles. The van der Waals surface area contributed by atoms with Gasteiger partial charge in [0.1, 0.15) is 5.84 Å². The fourth-order valence-corrected chi connectivity index (χ4v) is 6.64. The van der Waals surface area contributed by atoms with Gasteiger partial charge in [-0.15, -0.1) is 0 Å². The molecule has 1 amide bonds. The number of amides is 1. The first kappa shape index (κ1) is 26.1. The first-order valence-electron chi connectivity index (χ1n) is 14.1. The van der Waals surface area contributed by atoms with Gasteiger partial charge in [0.15, 0.2) is 0 Å². The predicted octanol–water partition coefficient (Wildman–Crippen LogP) is 5.19. The number of hydrogen-bond acceptors (Lipinski definition) is 6. The van der Waals surface area contributed by atoms with Gasteiger partial charge in [-0.1, -0.05) is 60.2 Å². The van der Waals surface area contributed by atoms with Crippen LogP contribution in [0, 0.1) is 0 Å². The summed E-state index contributed by atoms with van der Waals surface area (Å²) in [6, 6.07) is 16.8. The zero-order chi connectivity index (χ0) is 26.9. The van der Waals surface area contributed by atoms with Crippen LogP contribution in [0.3, 0.4) is 0 Å². The van der Waals surface area contributed by atoms with E-state index in [1.54, 1.807) is 6.07 Å². The summed E-state index contributed by atoms with van der Waals surface area (Å²) in [7, 11) is 1.94. The molecule has 2 atom stereocenters. The monoisotopic (exact) mass is 544 g/mol. The quantitative estimate of drug-likeness (QED) is 0.480. The number of carbonyl (C=O) groups is 1. The van der Waals surface area contributed by atoms with E-state index in [0.29, 0.717) is 23.2 Å². The predicted molar refractivity (Wildman–Crippen MR) is 158 cm³/mol. The van der Waals surface area contributed by atoms with Crippen LogP contribution in [-0.2, 0) is 0 Å². The van der Waals surface area contributed by atoms with Crippen LogP contribution in [0.4, 0.5) is 5.69 Å². The second kappa shape index (κ2) is 11.2. The number of nitrogens with zero attached hydrogens (tertiary/aromatic N) is 6. The Morgan fingerprint density at radius 3 is 2.56 bits per heavy atom. The van der Waals surface area contributed by atoms with Crippen molar-refractivity contribution in [3.8, 4) is 0 Å². The van der Waals surface area contributed by atoms with E-state index in [0.717, 1.165) is 63.5 Å². The van der Waals surface area contributed by atoms with E-state index in [1.807, 2.05) is 36.0 Å². The highest BCUT2D eigenvalue weighted by Gasteiger charge is 2.44. The number of amidine groups is 1. The first-order chi connectivity index (χ1) is 19.0. The molecule has 0 N–H and O–H groups in total. The summed E-state index contributed by atoms with van der Waals surface area (Å²) >= 11 is 6.28. The van der Waals surface area contributed by atoms with Crippen molar-refractivity contribution in [1.82, 2.24) is 19.7 Å². The van der Waals surface area contributed by atoms with Crippen molar-refractivity contribution in [2.75, 3.05) is 51.2 Å². The lowest BCUT2D eigenvalue weighted by atomic mass is 9.92. The largest absolute Gasteiger partial charge is 0.301 e. The van der Waals surface area contributed by atoms with Gasteiger partial charge in [-0.2, -0.15) is 5.10 Å². The third-order valence-corrected chi connectivity index (χ3v) is 8.54. The molecule has 2 unspecified atom stereocenters. The summed E-state index contributed by atoms with van der Waals surface area (Å²) in [5.74, 6) is 0.908. The minimum atomic E-state index is -0.230. The smallest absolute Gasteiger partial charge is 0.259 e. The summed E-state index contributed by atoms with van der Waals surface area (Å²) < 4.78 is 0. The summed E-state index contributed by atoms with van der Waals surface area (Å²) in [6.07, 6.45) is 9.99. The Kier molecular flexibility index (Phi) is 7.47. The zero-order valence-electron chi connectivity index (χ0n) is 22.8. The minimum absolute atomic E-state index is 0.0230. The van der Waals surface area contributed by atoms with Crippen LogP contribution in [0.5, 0.6) is 0 Å². The van der Waals surface area contributed by atoms with Crippen LogP contribution in [0.2, 0.25) is 5.02 Å². The zero-order valence-corrected chi connectivity index (χ0v) is 23.6. The fourth-order valence-electron chi connectivity index (χ4n) is 6.46. The SMILES string of the molecule is CC1=NN(C)C2N(CCCN3CCN(C(C4=CCCC=C4)c4ccccc4)CC3)C(=O)c3cc(Cl)ccc3N12. The Labute approximate surface area is 236 Å². The number of halogens is 1. The van der Waals surface area contributed by atoms with Gasteiger partial charge in [-0.3, -0.25) is 24.5 Å². The van der Waals surface area contributed by atoms with Gasteiger partial charge in [0.2, 0.25) is 6.29 Å². The molecule has 39 heavy (non-hydrogen) atoms. The molecular formula is C31H37ClN6O. The molecule has 6 rings (SSSR count). The molecule has 0 spiro atoms. The van der Waals surface area contributed by atoms with Gasteiger partial charge in [0, 0.05) is 44.8 Å². The summed E-state index contributed by atoms with van der Waals surface area (Å²) in [5, 5.41) is 7.12. The first-order valence-corrected chi connectivity index (χ1v) is 14.4. The molecule has 1 fully saturated rings. The van der Waals surface area contributed by atoms with Gasteiger partial charge in [0.05, 0.1) is 17.3 Å². The van der Waals surface area contributed by atoms with Crippen LogP contribution in [0.25, 0.3) is 0 Å². The second-order valence-corrected chi connectivity index (χ2v) is 11.3. The average Bonchev–Trinajstić information content (AvgIpc) is 3.26. The molecule has 0 aromatic heterocycles. The van der Waals surface area contributed by atoms with Crippen LogP contribution in [-0.4, -0.2) is 84.1 Å². The van der Waals surface area contributed by atoms with Gasteiger partial charge < -0.3 is 4.90 Å². The molecule has 3 aliphatic heterocycles. The molecule has 2 aromatic carbocycles. The van der Waals surface area contributed by atoms with Gasteiger partial charge in [0.25, 0.3) is 5.91 Å². The molecule has 3 heterocycles. The lowest BCUT2D eigenvalue weighted by molar-refractivity contribution is 0.0413. The lowest BCUT2D eigenvalue weighted by Gasteiger charge is -2.43. The van der Waals surface area contributed by atoms with E-state index in [1.165, 1.54) is 11.1 Å². The summed E-state index contributed by atoms with van der Waals surface area (Å²) in [5.41, 5.74) is 4.32. The van der Waals surface area contributed by atoms with Crippen molar-refractivity contribution in [2.24, 2.45) is 5.10 Å². The average molecular weight is 545 g/mol. The van der Waals surface area contributed by atoms with Crippen LogP contribution in [0.15, 0.2) is 77.4 Å². The van der Waals surface area contributed by atoms with Gasteiger partial charge in [-0.25, -0.2) is 0 Å². The number of fused-ring (bicyclic) bond motifs is 3. The Hall–Kier alpha value is -3.13. The highest BCUT2D eigenvalue weighted by atomic mass is 35.5. The molecule has 8 heteroatoms. The van der Waals surface area contributed by atoms with E-state index in [4.69, 9.17) is 11.6 Å². The maximum Gasteiger partial charge on any atom is 0.259 e. The van der Waals surface area contributed by atoms with Crippen LogP contribution >= 0.6 is 11.6 Å². The molecule has 2 aromatic rings. The molecule has 0 saturated carbocycles. The lowest BCUT2D eigenvalue weighted by Crippen LogP contribution is -2.59. The van der Waals surface area contributed by atoms with Gasteiger partial charge >= 0.3 is 0 Å². The third kappa shape index (κ3) is 5.11. The molecule has 204 valence electrons. The normalized spacial score (nSPS) is 22.5. The molecule has 0 bridgehead atoms. The van der Waals surface area contributed by atoms with E-state index < -0.39 is 0 Å². The summed E-state index contributed by atoms with van der Waals surface area (Å²) in [4.78, 5) is 22.8. The number of hydrogen-bond donors (Lipinski definition) is 0. The standard InChI is InChI=1S/C31H37ClN6O/c1-23-33-34(2)31-37(30(39)27-22-26(32)14-15-28(27)38(23)31)17-9-16-35-18-20-36(21-19-35)29(24-10-5-3-6-11-24)25-12-7-4-8-13-25/h3,5-7,10-15,22,29,31H,4,8-9,16-21H2,1-2H3. The minimum Gasteiger partial charge on any atom is -0.301 e. The number of carbonyl (C=O) groups excluding carboxylic acids is 1. The molecule has 4 aliphatic rings. The molecule has 0 radical (unpaired) electrons. The number of hydrazone groups is 1. The Morgan fingerprint density at radius 2 is 1.82 bits per heavy atom. The van der Waals surface area contributed by atoms with Gasteiger partial charge in [-0.05, 0) is 62.1 Å². The van der Waals surface area contributed by atoms with E-state index >= 15 is 0 Å². The number of benzene rings is 2. The molecule has 1 saturated heterocycles. The number of piperazine rings is 1. The van der Waals surface area contributed by atoms with Crippen LogP contribution in [0.1, 0.15) is 48.1 Å². The maximum atomic E-state index is 13.6. The number of rotatable bonds is 7. The number of allylic oxidation sites excluding steroid dienone is 2. The molecule has 7 nitrogen and oxygen atoms in total. The van der Waals surface area contributed by atoms with Crippen molar-refractivity contribution in [3.05, 3.63) is 88.5 Å². The highest BCUT2D eigenvalue weighted by Crippen LogP contribution is 2.37. The van der Waals surface area contributed by atoms with Crippen molar-refractivity contribution in [1.29, 1.82) is 0 Å². The van der Waals surface area contributed by atoms with Crippen molar-refractivity contribution in [2.45, 2.75) is 38.5 Å². The Balaban J connectivity index is 1.09. The van der Waals surface area contributed by atoms with E-state index in [-0.39, 0.29) is 12.2 Å². The highest BCUT2D eigenvalue weighted by molar-refractivity contribution is 6.31. The van der Waals surface area contributed by atoms with Crippen molar-refractivity contribution in [3.63, 3.8) is 0 Å². The second-order valence-electron chi connectivity index (χ2n) is 10.8. The van der Waals surface area contributed by atoms with Crippen LogP contribution < -0.4 is 4.90 Å². The number of anilines is 1. The maximum absolute atomic E-state index is 13.6. The van der Waals surface area contributed by atoms with Crippen molar-refractivity contribution < 1.29 is 4.79 Å². The molecular weight excluding hydrogens is 508 g/mol. The Morgan fingerprint density at radius 1 is 1.03 bits per heavy atom. The fraction of sp³-hybridized carbons (Fsp3) is 0.419. The van der Waals surface area contributed by atoms with E-state index in [9.17, 15) is 4.79 Å². The summed E-state index contributed by atoms with van der Waals surface area (Å²) in [6.45, 7) is 7.76. The Bertz CT molecular complexity index is 1300. The van der Waals surface area contributed by atoms with Crippen molar-refractivity contribution >= 4 is 29.0 Å². The third-order valence-electron chi connectivity index (χ3n) is 8.30. The van der Waals surface area contributed by atoms with E-state index in [2.05, 4.69) is 68.4 Å².